The Morgan fingerprint density at radius 1 is 1.15 bits per heavy atom. The number of aromatic amines is 1. The maximum absolute atomic E-state index is 13.4. The van der Waals surface area contributed by atoms with Crippen molar-refractivity contribution in [1.82, 2.24) is 15.2 Å². The van der Waals surface area contributed by atoms with Crippen LogP contribution in [0.3, 0.4) is 0 Å². The summed E-state index contributed by atoms with van der Waals surface area (Å²) in [6, 6.07) is 11.0. The van der Waals surface area contributed by atoms with Crippen molar-refractivity contribution in [3.8, 4) is 0 Å². The summed E-state index contributed by atoms with van der Waals surface area (Å²) in [7, 11) is 0. The highest BCUT2D eigenvalue weighted by Crippen LogP contribution is 2.18. The van der Waals surface area contributed by atoms with E-state index < -0.39 is 17.7 Å². The standard InChI is InChI=1S/C20H21F2N3O/c1-3-25(12-14-4-7-19-16(10-14)8-9-23-19)20(26)24-13(2)15-5-6-17(21)18(22)11-15/h4-11,13,23H,3,12H2,1-2H3,(H,24,26)/t13-/m1/s1. The van der Waals surface area contributed by atoms with Crippen LogP contribution in [0.2, 0.25) is 0 Å². The van der Waals surface area contributed by atoms with Gasteiger partial charge in [-0.2, -0.15) is 0 Å². The van der Waals surface area contributed by atoms with Gasteiger partial charge in [0.2, 0.25) is 0 Å². The molecular weight excluding hydrogens is 336 g/mol. The highest BCUT2D eigenvalue weighted by molar-refractivity contribution is 5.80. The number of amides is 2. The summed E-state index contributed by atoms with van der Waals surface area (Å²) in [4.78, 5) is 17.4. The summed E-state index contributed by atoms with van der Waals surface area (Å²) in [6.45, 7) is 4.64. The van der Waals surface area contributed by atoms with Crippen molar-refractivity contribution in [2.24, 2.45) is 0 Å². The molecule has 6 heteroatoms. The largest absolute Gasteiger partial charge is 0.361 e. The molecule has 0 aliphatic heterocycles. The van der Waals surface area contributed by atoms with Gasteiger partial charge in [-0.05, 0) is 60.7 Å². The number of aromatic nitrogens is 1. The van der Waals surface area contributed by atoms with Crippen molar-refractivity contribution < 1.29 is 13.6 Å². The lowest BCUT2D eigenvalue weighted by Gasteiger charge is -2.24. The van der Waals surface area contributed by atoms with E-state index in [-0.39, 0.29) is 6.03 Å². The number of nitrogens with zero attached hydrogens (tertiary/aromatic N) is 1. The molecule has 1 heterocycles. The molecule has 26 heavy (non-hydrogen) atoms. The molecule has 0 radical (unpaired) electrons. The summed E-state index contributed by atoms with van der Waals surface area (Å²) < 4.78 is 26.5. The molecule has 136 valence electrons. The number of hydrogen-bond acceptors (Lipinski definition) is 1. The minimum atomic E-state index is -0.921. The number of nitrogens with one attached hydrogen (secondary N) is 2. The Kier molecular flexibility index (Phi) is 5.21. The summed E-state index contributed by atoms with van der Waals surface area (Å²) in [5, 5.41) is 3.93. The molecule has 2 amide bonds. The molecular formula is C20H21F2N3O. The van der Waals surface area contributed by atoms with Crippen molar-refractivity contribution in [3.63, 3.8) is 0 Å². The molecule has 2 aromatic carbocycles. The number of H-pyrrole nitrogens is 1. The highest BCUT2D eigenvalue weighted by atomic mass is 19.2. The van der Waals surface area contributed by atoms with Crippen molar-refractivity contribution >= 4 is 16.9 Å². The summed E-state index contributed by atoms with van der Waals surface area (Å²) in [5.74, 6) is -1.82. The first-order chi connectivity index (χ1) is 12.5. The zero-order valence-electron chi connectivity index (χ0n) is 14.7. The van der Waals surface area contributed by atoms with Gasteiger partial charge in [0.05, 0.1) is 6.04 Å². The predicted molar refractivity (Wildman–Crippen MR) is 97.7 cm³/mol. The van der Waals surface area contributed by atoms with Crippen LogP contribution in [0, 0.1) is 11.6 Å². The second-order valence-electron chi connectivity index (χ2n) is 6.26. The molecule has 3 rings (SSSR count). The zero-order valence-corrected chi connectivity index (χ0v) is 14.7. The average molecular weight is 357 g/mol. The minimum absolute atomic E-state index is 0.251. The fraction of sp³-hybridized carbons (Fsp3) is 0.250. The lowest BCUT2D eigenvalue weighted by atomic mass is 10.1. The van der Waals surface area contributed by atoms with E-state index in [1.165, 1.54) is 6.07 Å². The van der Waals surface area contributed by atoms with Gasteiger partial charge < -0.3 is 15.2 Å². The highest BCUT2D eigenvalue weighted by Gasteiger charge is 2.17. The summed E-state index contributed by atoms with van der Waals surface area (Å²) in [6.07, 6.45) is 1.88. The van der Waals surface area contributed by atoms with Crippen LogP contribution in [0.1, 0.15) is 31.0 Å². The topological polar surface area (TPSA) is 48.1 Å². The van der Waals surface area contributed by atoms with Crippen LogP contribution in [0.15, 0.2) is 48.7 Å². The molecule has 0 spiro atoms. The van der Waals surface area contributed by atoms with Crippen molar-refractivity contribution in [2.75, 3.05) is 6.54 Å². The van der Waals surface area contributed by atoms with E-state index in [0.29, 0.717) is 18.7 Å². The Balaban J connectivity index is 1.68. The average Bonchev–Trinajstić information content (AvgIpc) is 3.09. The van der Waals surface area contributed by atoms with E-state index in [1.54, 1.807) is 11.8 Å². The molecule has 0 bridgehead atoms. The van der Waals surface area contributed by atoms with Gasteiger partial charge in [-0.15, -0.1) is 0 Å². The second-order valence-corrected chi connectivity index (χ2v) is 6.26. The third kappa shape index (κ3) is 3.85. The van der Waals surface area contributed by atoms with E-state index in [2.05, 4.69) is 10.3 Å². The first kappa shape index (κ1) is 17.9. The number of fused-ring (bicyclic) bond motifs is 1. The molecule has 0 saturated heterocycles. The van der Waals surface area contributed by atoms with Crippen LogP contribution in [0.5, 0.6) is 0 Å². The van der Waals surface area contributed by atoms with Crippen molar-refractivity contribution in [3.05, 3.63) is 71.4 Å². The van der Waals surface area contributed by atoms with Crippen molar-refractivity contribution in [2.45, 2.75) is 26.4 Å². The Hall–Kier alpha value is -2.89. The number of urea groups is 1. The van der Waals surface area contributed by atoms with Gasteiger partial charge >= 0.3 is 6.03 Å². The summed E-state index contributed by atoms with van der Waals surface area (Å²) >= 11 is 0. The normalized spacial score (nSPS) is 12.2. The molecule has 0 unspecified atom stereocenters. The van der Waals surface area contributed by atoms with Gasteiger partial charge in [-0.25, -0.2) is 13.6 Å². The van der Waals surface area contributed by atoms with Crippen molar-refractivity contribution in [1.29, 1.82) is 0 Å². The van der Waals surface area contributed by atoms with E-state index in [1.807, 2.05) is 37.4 Å². The molecule has 1 aromatic heterocycles. The second kappa shape index (κ2) is 7.56. The molecule has 1 atom stereocenters. The maximum atomic E-state index is 13.4. The third-order valence-corrected chi connectivity index (χ3v) is 4.44. The van der Waals surface area contributed by atoms with Crippen LogP contribution in [-0.4, -0.2) is 22.5 Å². The number of carbonyl (C=O) groups excluding carboxylic acids is 1. The Labute approximate surface area is 150 Å². The zero-order chi connectivity index (χ0) is 18.7. The predicted octanol–water partition coefficient (Wildman–Crippen LogP) is 4.74. The number of benzene rings is 2. The van der Waals surface area contributed by atoms with Gasteiger partial charge in [-0.3, -0.25) is 0 Å². The van der Waals surface area contributed by atoms with Gasteiger partial charge in [0.1, 0.15) is 0 Å². The van der Waals surface area contributed by atoms with Crippen LogP contribution < -0.4 is 5.32 Å². The molecule has 2 N–H and O–H groups in total. The summed E-state index contributed by atoms with van der Waals surface area (Å²) in [5.41, 5.74) is 2.59. The van der Waals surface area contributed by atoms with E-state index >= 15 is 0 Å². The van der Waals surface area contributed by atoms with Gasteiger partial charge in [0.25, 0.3) is 0 Å². The minimum Gasteiger partial charge on any atom is -0.361 e. The SMILES string of the molecule is CCN(Cc1ccc2[nH]ccc2c1)C(=O)N[C@H](C)c1ccc(F)c(F)c1. The fourth-order valence-electron chi connectivity index (χ4n) is 2.89. The maximum Gasteiger partial charge on any atom is 0.318 e. The molecule has 0 fully saturated rings. The van der Waals surface area contributed by atoms with E-state index in [4.69, 9.17) is 0 Å². The Bertz CT molecular complexity index is 922. The van der Waals surface area contributed by atoms with E-state index in [9.17, 15) is 13.6 Å². The lowest BCUT2D eigenvalue weighted by molar-refractivity contribution is 0.195. The first-order valence-electron chi connectivity index (χ1n) is 8.54. The number of carbonyl (C=O) groups is 1. The van der Waals surface area contributed by atoms with Crippen LogP contribution in [0.4, 0.5) is 13.6 Å². The Morgan fingerprint density at radius 3 is 2.69 bits per heavy atom. The van der Waals surface area contributed by atoms with Gasteiger partial charge in [0.15, 0.2) is 11.6 Å². The smallest absolute Gasteiger partial charge is 0.318 e. The fourth-order valence-corrected chi connectivity index (χ4v) is 2.89. The quantitative estimate of drug-likeness (QED) is 0.681. The Morgan fingerprint density at radius 2 is 1.96 bits per heavy atom. The molecule has 0 aliphatic carbocycles. The van der Waals surface area contributed by atoms with Crippen LogP contribution >= 0.6 is 0 Å². The first-order valence-corrected chi connectivity index (χ1v) is 8.54. The molecule has 4 nitrogen and oxygen atoms in total. The third-order valence-electron chi connectivity index (χ3n) is 4.44. The lowest BCUT2D eigenvalue weighted by Crippen LogP contribution is -2.40. The molecule has 0 aliphatic rings. The number of halogens is 2. The molecule has 0 saturated carbocycles. The number of hydrogen-bond donors (Lipinski definition) is 2. The van der Waals surface area contributed by atoms with Crippen LogP contribution in [-0.2, 0) is 6.54 Å². The van der Waals surface area contributed by atoms with Gasteiger partial charge in [-0.1, -0.05) is 12.1 Å². The monoisotopic (exact) mass is 357 g/mol. The van der Waals surface area contributed by atoms with Gasteiger partial charge in [0, 0.05) is 24.8 Å². The van der Waals surface area contributed by atoms with Crippen LogP contribution in [0.25, 0.3) is 10.9 Å². The number of rotatable bonds is 5. The molecule has 3 aromatic rings. The van der Waals surface area contributed by atoms with E-state index in [0.717, 1.165) is 28.6 Å².